The first kappa shape index (κ1) is 30.1. The minimum Gasteiger partial charge on any atom is -0.351 e. The standard InChI is InChI=1S/C28H39F2N5O4S/c1-18-16-22(34(3)27(31)37)17-19(2)23(18)10-15-40(38,39)35-13-11-28(12-14-35)26(36)32-25(33-28)21-7-4-20(5-8-21)6-9-24(29)30/h9,16-17,20-21H,4-8,10-15H2,1-3H3,(H2,31,37)(H,32,33,36). The summed E-state index contributed by atoms with van der Waals surface area (Å²) in [4.78, 5) is 30.7. The Morgan fingerprint density at radius 3 is 2.33 bits per heavy atom. The minimum absolute atomic E-state index is 0.0574. The zero-order valence-electron chi connectivity index (χ0n) is 23.4. The van der Waals surface area contributed by atoms with E-state index in [1.807, 2.05) is 26.0 Å². The summed E-state index contributed by atoms with van der Waals surface area (Å²) in [7, 11) is -1.97. The molecule has 220 valence electrons. The summed E-state index contributed by atoms with van der Waals surface area (Å²) in [6.45, 7) is 4.22. The number of urea groups is 1. The number of hydrogen-bond donors (Lipinski definition) is 2. The van der Waals surface area contributed by atoms with Crippen molar-refractivity contribution in [2.24, 2.45) is 22.6 Å². The molecule has 1 aromatic carbocycles. The van der Waals surface area contributed by atoms with Gasteiger partial charge in [0.05, 0.1) is 5.75 Å². The van der Waals surface area contributed by atoms with Crippen molar-refractivity contribution in [1.82, 2.24) is 9.62 Å². The van der Waals surface area contributed by atoms with Crippen molar-refractivity contribution < 1.29 is 26.8 Å². The van der Waals surface area contributed by atoms with E-state index in [2.05, 4.69) is 5.32 Å². The maximum absolute atomic E-state index is 13.2. The second-order valence-corrected chi connectivity index (χ2v) is 13.4. The van der Waals surface area contributed by atoms with Crippen molar-refractivity contribution in [3.8, 4) is 0 Å². The first-order valence-corrected chi connectivity index (χ1v) is 15.5. The summed E-state index contributed by atoms with van der Waals surface area (Å²) in [5.41, 5.74) is 7.79. The molecule has 12 heteroatoms. The molecule has 1 aromatic rings. The van der Waals surface area contributed by atoms with Gasteiger partial charge in [0.2, 0.25) is 10.0 Å². The number of nitrogens with zero attached hydrogens (tertiary/aromatic N) is 3. The Bertz CT molecular complexity index is 1290. The first-order valence-electron chi connectivity index (χ1n) is 13.8. The highest BCUT2D eigenvalue weighted by atomic mass is 32.2. The molecule has 40 heavy (non-hydrogen) atoms. The smallest absolute Gasteiger partial charge is 0.318 e. The van der Waals surface area contributed by atoms with Gasteiger partial charge in [-0.05, 0) is 106 Å². The molecule has 3 aliphatic rings. The second-order valence-electron chi connectivity index (χ2n) is 11.4. The number of amides is 3. The number of aliphatic imine (C=N–C) groups is 1. The molecule has 3 N–H and O–H groups in total. The van der Waals surface area contributed by atoms with Crippen LogP contribution in [0.25, 0.3) is 0 Å². The zero-order valence-corrected chi connectivity index (χ0v) is 24.2. The lowest BCUT2D eigenvalue weighted by atomic mass is 9.80. The van der Waals surface area contributed by atoms with E-state index >= 15 is 0 Å². The van der Waals surface area contributed by atoms with Crippen LogP contribution in [-0.2, 0) is 21.2 Å². The number of rotatable bonds is 8. The van der Waals surface area contributed by atoms with Gasteiger partial charge in [0.15, 0.2) is 0 Å². The molecule has 0 bridgehead atoms. The molecule has 2 aliphatic heterocycles. The number of halogens is 2. The molecule has 9 nitrogen and oxygen atoms in total. The lowest BCUT2D eigenvalue weighted by Gasteiger charge is -2.34. The number of aryl methyl sites for hydroxylation is 2. The van der Waals surface area contributed by atoms with Crippen molar-refractivity contribution in [2.75, 3.05) is 30.8 Å². The highest BCUT2D eigenvalue weighted by Gasteiger charge is 2.48. The van der Waals surface area contributed by atoms with Crippen LogP contribution in [0.15, 0.2) is 29.3 Å². The van der Waals surface area contributed by atoms with Gasteiger partial charge in [-0.1, -0.05) is 0 Å². The molecular weight excluding hydrogens is 540 g/mol. The molecule has 4 rings (SSSR count). The van der Waals surface area contributed by atoms with Crippen LogP contribution in [0, 0.1) is 25.7 Å². The monoisotopic (exact) mass is 579 g/mol. The Morgan fingerprint density at radius 1 is 1.18 bits per heavy atom. The van der Waals surface area contributed by atoms with Gasteiger partial charge in [0.25, 0.3) is 12.0 Å². The molecule has 0 atom stereocenters. The van der Waals surface area contributed by atoms with Crippen LogP contribution >= 0.6 is 0 Å². The van der Waals surface area contributed by atoms with E-state index in [0.717, 1.165) is 48.4 Å². The van der Waals surface area contributed by atoms with Gasteiger partial charge in [-0.2, -0.15) is 8.78 Å². The molecule has 1 saturated heterocycles. The average molecular weight is 580 g/mol. The highest BCUT2D eigenvalue weighted by Crippen LogP contribution is 2.37. The number of nitrogens with one attached hydrogen (secondary N) is 1. The van der Waals surface area contributed by atoms with E-state index in [-0.39, 0.29) is 36.6 Å². The Labute approximate surface area is 234 Å². The normalized spacial score (nSPS) is 23.0. The van der Waals surface area contributed by atoms with Crippen LogP contribution in [0.3, 0.4) is 0 Å². The number of anilines is 1. The predicted octanol–water partition coefficient (Wildman–Crippen LogP) is 4.03. The van der Waals surface area contributed by atoms with Crippen LogP contribution < -0.4 is 16.0 Å². The van der Waals surface area contributed by atoms with Crippen LogP contribution in [0.4, 0.5) is 19.3 Å². The molecule has 3 amide bonds. The Kier molecular flexibility index (Phi) is 8.99. The molecule has 2 fully saturated rings. The van der Waals surface area contributed by atoms with Gasteiger partial charge < -0.3 is 11.1 Å². The largest absolute Gasteiger partial charge is 0.351 e. The van der Waals surface area contributed by atoms with E-state index in [1.165, 1.54) is 9.21 Å². The average Bonchev–Trinajstić information content (AvgIpc) is 3.21. The third-order valence-corrected chi connectivity index (χ3v) is 10.7. The van der Waals surface area contributed by atoms with Gasteiger partial charge in [-0.25, -0.2) is 17.5 Å². The first-order chi connectivity index (χ1) is 18.8. The number of piperidine rings is 1. The number of benzene rings is 1. The number of hydrogen-bond acceptors (Lipinski definition) is 5. The van der Waals surface area contributed by atoms with Crippen molar-refractivity contribution in [1.29, 1.82) is 0 Å². The number of sulfonamides is 1. The third-order valence-electron chi connectivity index (χ3n) is 8.79. The summed E-state index contributed by atoms with van der Waals surface area (Å²) in [6.07, 6.45) is 3.91. The van der Waals surface area contributed by atoms with E-state index in [4.69, 9.17) is 10.7 Å². The van der Waals surface area contributed by atoms with Gasteiger partial charge in [0.1, 0.15) is 11.4 Å². The van der Waals surface area contributed by atoms with E-state index < -0.39 is 27.7 Å². The fourth-order valence-corrected chi connectivity index (χ4v) is 7.64. The Hall–Kier alpha value is -2.86. The predicted molar refractivity (Wildman–Crippen MR) is 151 cm³/mol. The van der Waals surface area contributed by atoms with Crippen LogP contribution in [-0.4, -0.2) is 61.9 Å². The van der Waals surface area contributed by atoms with E-state index in [1.54, 1.807) is 7.05 Å². The summed E-state index contributed by atoms with van der Waals surface area (Å²) < 4.78 is 52.8. The van der Waals surface area contributed by atoms with Crippen LogP contribution in [0.5, 0.6) is 0 Å². The highest BCUT2D eigenvalue weighted by molar-refractivity contribution is 7.89. The molecule has 1 saturated carbocycles. The van der Waals surface area contributed by atoms with Crippen molar-refractivity contribution in [2.45, 2.75) is 70.8 Å². The quantitative estimate of drug-likeness (QED) is 0.482. The topological polar surface area (TPSA) is 125 Å². The van der Waals surface area contributed by atoms with Crippen LogP contribution in [0.1, 0.15) is 61.6 Å². The fourth-order valence-electron chi connectivity index (χ4n) is 6.18. The molecular formula is C28H39F2N5O4S. The van der Waals surface area contributed by atoms with Gasteiger partial charge in [-0.15, -0.1) is 0 Å². The van der Waals surface area contributed by atoms with Gasteiger partial charge in [-0.3, -0.25) is 14.7 Å². The third kappa shape index (κ3) is 6.54. The molecule has 1 spiro atoms. The van der Waals surface area contributed by atoms with Gasteiger partial charge >= 0.3 is 6.03 Å². The number of carbonyl (C=O) groups excluding carboxylic acids is 2. The molecule has 0 aromatic heterocycles. The fraction of sp³-hybridized carbons (Fsp3) is 0.607. The minimum atomic E-state index is -3.56. The molecule has 1 aliphatic carbocycles. The lowest BCUT2D eigenvalue weighted by molar-refractivity contribution is -0.125. The molecule has 0 radical (unpaired) electrons. The maximum atomic E-state index is 13.2. The number of amidine groups is 1. The summed E-state index contributed by atoms with van der Waals surface area (Å²) in [5, 5.41) is 2.96. The SMILES string of the molecule is Cc1cc(N(C)C(N)=O)cc(C)c1CCS(=O)(=O)N1CCC2(CC1)N=C(C1CCC(CC=C(F)F)CC1)NC2=O. The maximum Gasteiger partial charge on any atom is 0.318 e. The van der Waals surface area contributed by atoms with E-state index in [9.17, 15) is 26.8 Å². The van der Waals surface area contributed by atoms with Crippen molar-refractivity contribution in [3.05, 3.63) is 41.0 Å². The molecule has 0 unspecified atom stereocenters. The van der Waals surface area contributed by atoms with E-state index in [0.29, 0.717) is 37.2 Å². The zero-order chi connectivity index (χ0) is 29.2. The number of primary amides is 1. The van der Waals surface area contributed by atoms with Crippen molar-refractivity contribution in [3.63, 3.8) is 0 Å². The summed E-state index contributed by atoms with van der Waals surface area (Å²) >= 11 is 0. The Balaban J connectivity index is 1.34. The number of allylic oxidation sites excluding steroid dienone is 1. The van der Waals surface area contributed by atoms with Gasteiger partial charge in [0, 0.05) is 31.7 Å². The Morgan fingerprint density at radius 2 is 1.77 bits per heavy atom. The second kappa shape index (κ2) is 11.9. The van der Waals surface area contributed by atoms with Crippen LogP contribution in [0.2, 0.25) is 0 Å². The number of nitrogens with two attached hydrogens (primary N) is 1. The summed E-state index contributed by atoms with van der Waals surface area (Å²) in [6, 6.07) is 3.08. The lowest BCUT2D eigenvalue weighted by Crippen LogP contribution is -2.51. The molecule has 2 heterocycles. The van der Waals surface area contributed by atoms with Crippen molar-refractivity contribution >= 4 is 33.5 Å². The number of carbonyl (C=O) groups is 2. The summed E-state index contributed by atoms with van der Waals surface area (Å²) in [5.74, 6) is 0.763.